The number of carbonyl (C=O) groups excluding carboxylic acids is 1. The van der Waals surface area contributed by atoms with Crippen molar-refractivity contribution in [2.24, 2.45) is 5.73 Å². The predicted molar refractivity (Wildman–Crippen MR) is 70.1 cm³/mol. The molecule has 0 spiro atoms. The summed E-state index contributed by atoms with van der Waals surface area (Å²) < 4.78 is 31.4. The van der Waals surface area contributed by atoms with Gasteiger partial charge in [0.2, 0.25) is 0 Å². The summed E-state index contributed by atoms with van der Waals surface area (Å²) in [6.45, 7) is 1.84. The molecule has 1 aromatic heterocycles. The first kappa shape index (κ1) is 15.2. The molecule has 0 radical (unpaired) electrons. The zero-order valence-electron chi connectivity index (χ0n) is 9.75. The van der Waals surface area contributed by atoms with Crippen molar-refractivity contribution in [2.75, 3.05) is 6.61 Å². The normalized spacial score (nSPS) is 10.8. The Balaban J connectivity index is 3.15. The van der Waals surface area contributed by atoms with Crippen LogP contribution in [0.25, 0.3) is 0 Å². The monoisotopic (exact) mass is 370 g/mol. The van der Waals surface area contributed by atoms with E-state index in [2.05, 4.69) is 4.98 Å². The third-order valence-electron chi connectivity index (χ3n) is 2.30. The fraction of sp³-hybridized carbons (Fsp3) is 0.455. The van der Waals surface area contributed by atoms with Gasteiger partial charge < -0.3 is 10.5 Å². The highest BCUT2D eigenvalue weighted by Gasteiger charge is 2.22. The highest BCUT2D eigenvalue weighted by molar-refractivity contribution is 14.1. The van der Waals surface area contributed by atoms with Crippen LogP contribution in [0.1, 0.15) is 30.2 Å². The fourth-order valence-corrected chi connectivity index (χ4v) is 2.19. The topological polar surface area (TPSA) is 65.2 Å². The van der Waals surface area contributed by atoms with E-state index in [0.717, 1.165) is 0 Å². The molecule has 0 unspecified atom stereocenters. The minimum absolute atomic E-state index is 0.0176. The number of carbonyl (C=O) groups is 1. The first-order chi connectivity index (χ1) is 8.51. The number of pyridine rings is 1. The second-order valence-corrected chi connectivity index (χ2v) is 4.59. The summed E-state index contributed by atoms with van der Waals surface area (Å²) in [7, 11) is 0. The molecule has 0 aliphatic carbocycles. The Bertz CT molecular complexity index is 441. The van der Waals surface area contributed by atoms with Crippen molar-refractivity contribution in [3.05, 3.63) is 26.6 Å². The zero-order chi connectivity index (χ0) is 13.7. The molecule has 1 rings (SSSR count). The molecule has 0 fully saturated rings. The molecule has 0 aliphatic rings. The van der Waals surface area contributed by atoms with E-state index >= 15 is 0 Å². The molecule has 0 atom stereocenters. The molecule has 4 nitrogen and oxygen atoms in total. The van der Waals surface area contributed by atoms with Gasteiger partial charge in [0.1, 0.15) is 0 Å². The van der Waals surface area contributed by atoms with Crippen LogP contribution in [0, 0.1) is 3.57 Å². The third-order valence-corrected chi connectivity index (χ3v) is 3.23. The van der Waals surface area contributed by atoms with Crippen molar-refractivity contribution in [2.45, 2.75) is 26.3 Å². The van der Waals surface area contributed by atoms with Crippen LogP contribution in [0.3, 0.4) is 0 Å². The van der Waals surface area contributed by atoms with Crippen molar-refractivity contribution in [3.8, 4) is 0 Å². The van der Waals surface area contributed by atoms with Gasteiger partial charge in [-0.2, -0.15) is 0 Å². The van der Waals surface area contributed by atoms with E-state index in [9.17, 15) is 13.6 Å². The van der Waals surface area contributed by atoms with E-state index in [-0.39, 0.29) is 30.8 Å². The molecule has 1 aromatic rings. The Morgan fingerprint density at radius 2 is 2.28 bits per heavy atom. The number of aromatic nitrogens is 1. The van der Waals surface area contributed by atoms with Crippen LogP contribution in [0.5, 0.6) is 0 Å². The third kappa shape index (κ3) is 3.58. The maximum absolute atomic E-state index is 13.0. The Hall–Kier alpha value is -0.830. The van der Waals surface area contributed by atoms with Crippen molar-refractivity contribution < 1.29 is 18.3 Å². The number of alkyl halides is 2. The second-order valence-electron chi connectivity index (χ2n) is 3.43. The smallest absolute Gasteiger partial charge is 0.311 e. The highest BCUT2D eigenvalue weighted by atomic mass is 127. The van der Waals surface area contributed by atoms with Crippen LogP contribution in [-0.4, -0.2) is 17.6 Å². The number of nitrogens with zero attached hydrogens (tertiary/aromatic N) is 1. The Morgan fingerprint density at radius 3 is 2.78 bits per heavy atom. The van der Waals surface area contributed by atoms with E-state index < -0.39 is 12.4 Å². The molecule has 7 heteroatoms. The summed E-state index contributed by atoms with van der Waals surface area (Å²) in [5.74, 6) is -0.573. The van der Waals surface area contributed by atoms with Crippen LogP contribution in [0.2, 0.25) is 0 Å². The van der Waals surface area contributed by atoms with Gasteiger partial charge in [0, 0.05) is 21.9 Å². The summed E-state index contributed by atoms with van der Waals surface area (Å²) in [5, 5.41) is 0. The number of rotatable bonds is 5. The van der Waals surface area contributed by atoms with E-state index in [0.29, 0.717) is 9.13 Å². The van der Waals surface area contributed by atoms with Crippen LogP contribution < -0.4 is 5.73 Å². The average molecular weight is 370 g/mol. The van der Waals surface area contributed by atoms with Gasteiger partial charge in [-0.1, -0.05) is 0 Å². The molecule has 0 aromatic carbocycles. The lowest BCUT2D eigenvalue weighted by atomic mass is 10.0. The summed E-state index contributed by atoms with van der Waals surface area (Å²) in [6, 6.07) is 0. The van der Waals surface area contributed by atoms with Crippen LogP contribution >= 0.6 is 22.6 Å². The number of ether oxygens (including phenoxy) is 1. The van der Waals surface area contributed by atoms with Gasteiger partial charge in [-0.25, -0.2) is 8.78 Å². The molecular formula is C11H13F2IN2O2. The quantitative estimate of drug-likeness (QED) is 0.638. The summed E-state index contributed by atoms with van der Waals surface area (Å²) >= 11 is 1.89. The van der Waals surface area contributed by atoms with Crippen molar-refractivity contribution in [1.29, 1.82) is 0 Å². The minimum atomic E-state index is -2.71. The van der Waals surface area contributed by atoms with Crippen molar-refractivity contribution >= 4 is 28.6 Å². The number of nitrogens with two attached hydrogens (primary N) is 1. The lowest BCUT2D eigenvalue weighted by molar-refractivity contribution is -0.142. The molecule has 0 amide bonds. The van der Waals surface area contributed by atoms with Gasteiger partial charge in [-0.3, -0.25) is 9.78 Å². The van der Waals surface area contributed by atoms with E-state index in [1.54, 1.807) is 6.92 Å². The Kier molecular flexibility index (Phi) is 5.86. The van der Waals surface area contributed by atoms with Gasteiger partial charge in [0.05, 0.1) is 18.7 Å². The maximum atomic E-state index is 13.0. The Morgan fingerprint density at radius 1 is 1.61 bits per heavy atom. The lowest BCUT2D eigenvalue weighted by Crippen LogP contribution is -2.15. The summed E-state index contributed by atoms with van der Waals surface area (Å²) in [5.41, 5.74) is 5.58. The van der Waals surface area contributed by atoms with E-state index in [1.165, 1.54) is 6.20 Å². The minimum Gasteiger partial charge on any atom is -0.466 e. The Labute approximate surface area is 117 Å². The van der Waals surface area contributed by atoms with Gasteiger partial charge >= 0.3 is 5.97 Å². The number of halogens is 3. The van der Waals surface area contributed by atoms with Crippen LogP contribution in [0.4, 0.5) is 8.78 Å². The van der Waals surface area contributed by atoms with E-state index in [1.807, 2.05) is 22.6 Å². The molecule has 100 valence electrons. The predicted octanol–water partition coefficient (Wildman–Crippen LogP) is 2.19. The number of esters is 1. The summed E-state index contributed by atoms with van der Waals surface area (Å²) in [6.07, 6.45) is -1.55. The highest BCUT2D eigenvalue weighted by Crippen LogP contribution is 2.29. The largest absolute Gasteiger partial charge is 0.466 e. The molecule has 0 bridgehead atoms. The van der Waals surface area contributed by atoms with Crippen molar-refractivity contribution in [3.63, 3.8) is 0 Å². The molecule has 0 saturated heterocycles. The zero-order valence-corrected chi connectivity index (χ0v) is 11.9. The van der Waals surface area contributed by atoms with Crippen LogP contribution in [-0.2, 0) is 22.5 Å². The molecule has 0 aliphatic heterocycles. The number of hydrogen-bond acceptors (Lipinski definition) is 4. The van der Waals surface area contributed by atoms with Crippen molar-refractivity contribution in [1.82, 2.24) is 4.98 Å². The van der Waals surface area contributed by atoms with Gasteiger partial charge in [-0.15, -0.1) is 0 Å². The average Bonchev–Trinajstić information content (AvgIpc) is 2.30. The first-order valence-electron chi connectivity index (χ1n) is 5.31. The first-order valence-corrected chi connectivity index (χ1v) is 6.39. The van der Waals surface area contributed by atoms with E-state index in [4.69, 9.17) is 10.5 Å². The maximum Gasteiger partial charge on any atom is 0.311 e. The fourth-order valence-electron chi connectivity index (χ4n) is 1.54. The summed E-state index contributed by atoms with van der Waals surface area (Å²) in [4.78, 5) is 15.2. The molecule has 18 heavy (non-hydrogen) atoms. The van der Waals surface area contributed by atoms with Crippen LogP contribution in [0.15, 0.2) is 6.20 Å². The van der Waals surface area contributed by atoms with Gasteiger partial charge in [-0.05, 0) is 35.1 Å². The molecular weight excluding hydrogens is 357 g/mol. The molecule has 0 saturated carbocycles. The number of hydrogen-bond donors (Lipinski definition) is 1. The SMILES string of the molecule is CCOC(=O)Cc1ncc(I)c(CN)c1C(F)F. The molecule has 1 heterocycles. The van der Waals surface area contributed by atoms with Gasteiger partial charge in [0.15, 0.2) is 0 Å². The van der Waals surface area contributed by atoms with Gasteiger partial charge in [0.25, 0.3) is 6.43 Å². The lowest BCUT2D eigenvalue weighted by Gasteiger charge is -2.13. The molecule has 2 N–H and O–H groups in total. The second kappa shape index (κ2) is 6.93. The standard InChI is InChI=1S/C11H13F2IN2O2/c1-2-18-9(17)3-8-10(11(12)13)6(4-15)7(14)5-16-8/h5,11H,2-4,15H2,1H3.